The lowest BCUT2D eigenvalue weighted by atomic mass is 9.69. The molecule has 1 aliphatic carbocycles. The number of aliphatic hydroxyl groups excluding tert-OH is 1. The predicted octanol–water partition coefficient (Wildman–Crippen LogP) is 3.87. The van der Waals surface area contributed by atoms with Crippen molar-refractivity contribution in [2.24, 2.45) is 5.41 Å². The van der Waals surface area contributed by atoms with Crippen molar-refractivity contribution in [3.63, 3.8) is 0 Å². The monoisotopic (exact) mass is 377 g/mol. The van der Waals surface area contributed by atoms with Crippen LogP contribution in [0.4, 0.5) is 4.79 Å². The Morgan fingerprint density at radius 1 is 1.30 bits per heavy atom. The fourth-order valence-corrected chi connectivity index (χ4v) is 4.71. The van der Waals surface area contributed by atoms with Crippen LogP contribution in [-0.4, -0.2) is 53.1 Å². The number of aliphatic hydroxyl groups is 1. The average Bonchev–Trinajstić information content (AvgIpc) is 3.23. The lowest BCUT2D eigenvalue weighted by Crippen LogP contribution is -2.45. The zero-order chi connectivity index (χ0) is 19.8. The van der Waals surface area contributed by atoms with Gasteiger partial charge in [0.05, 0.1) is 19.3 Å². The van der Waals surface area contributed by atoms with Gasteiger partial charge in [-0.25, -0.2) is 4.79 Å². The average molecular weight is 377 g/mol. The quantitative estimate of drug-likeness (QED) is 0.814. The summed E-state index contributed by atoms with van der Waals surface area (Å²) in [7, 11) is 1.63. The van der Waals surface area contributed by atoms with Crippen molar-refractivity contribution in [1.29, 1.82) is 0 Å². The van der Waals surface area contributed by atoms with Gasteiger partial charge in [-0.15, -0.1) is 0 Å². The van der Waals surface area contributed by atoms with Crippen LogP contribution in [0.15, 0.2) is 18.2 Å². The number of methoxy groups -OCH3 is 1. The van der Waals surface area contributed by atoms with Crippen molar-refractivity contribution in [1.82, 2.24) is 4.90 Å². The maximum atomic E-state index is 11.7. The molecule has 27 heavy (non-hydrogen) atoms. The van der Waals surface area contributed by atoms with Crippen LogP contribution in [-0.2, 0) is 0 Å². The molecule has 1 unspecified atom stereocenters. The van der Waals surface area contributed by atoms with E-state index in [1.54, 1.807) is 14.0 Å². The molecule has 0 bridgehead atoms. The van der Waals surface area contributed by atoms with E-state index in [-0.39, 0.29) is 18.1 Å². The molecular weight excluding hydrogens is 346 g/mol. The molecule has 6 nitrogen and oxygen atoms in total. The number of nitrogens with zero attached hydrogens (tertiary/aromatic N) is 1. The van der Waals surface area contributed by atoms with Gasteiger partial charge < -0.3 is 24.6 Å². The Hall–Kier alpha value is -1.95. The molecule has 3 rings (SSSR count). The number of amides is 1. The molecular formula is C21H31NO5. The summed E-state index contributed by atoms with van der Waals surface area (Å²) < 4.78 is 11.7. The summed E-state index contributed by atoms with van der Waals surface area (Å²) in [5, 5.41) is 20.1. The summed E-state index contributed by atoms with van der Waals surface area (Å²) in [4.78, 5) is 13.1. The van der Waals surface area contributed by atoms with Gasteiger partial charge in [0.1, 0.15) is 0 Å². The molecule has 0 aromatic heterocycles. The Kier molecular flexibility index (Phi) is 5.56. The van der Waals surface area contributed by atoms with Gasteiger partial charge in [-0.1, -0.05) is 13.0 Å². The van der Waals surface area contributed by atoms with Gasteiger partial charge in [0.25, 0.3) is 0 Å². The number of ether oxygens (including phenoxy) is 2. The summed E-state index contributed by atoms with van der Waals surface area (Å²) in [6.45, 7) is 5.94. The first kappa shape index (κ1) is 19.8. The van der Waals surface area contributed by atoms with E-state index in [1.807, 2.05) is 32.0 Å². The van der Waals surface area contributed by atoms with Gasteiger partial charge >= 0.3 is 6.09 Å². The van der Waals surface area contributed by atoms with E-state index in [0.29, 0.717) is 18.0 Å². The van der Waals surface area contributed by atoms with Crippen LogP contribution in [0.2, 0.25) is 0 Å². The zero-order valence-corrected chi connectivity index (χ0v) is 16.6. The largest absolute Gasteiger partial charge is 0.493 e. The Morgan fingerprint density at radius 3 is 2.52 bits per heavy atom. The van der Waals surface area contributed by atoms with Crippen LogP contribution in [0.5, 0.6) is 11.5 Å². The molecule has 150 valence electrons. The highest BCUT2D eigenvalue weighted by Gasteiger charge is 2.53. The van der Waals surface area contributed by atoms with Gasteiger partial charge in [0, 0.05) is 23.9 Å². The second kappa shape index (κ2) is 7.58. The molecule has 1 aromatic rings. The molecule has 6 heteroatoms. The highest BCUT2D eigenvalue weighted by atomic mass is 16.5. The molecule has 0 radical (unpaired) electrons. The molecule has 1 heterocycles. The third-order valence-corrected chi connectivity index (χ3v) is 6.83. The van der Waals surface area contributed by atoms with Gasteiger partial charge in [0.15, 0.2) is 11.5 Å². The molecule has 1 amide bonds. The van der Waals surface area contributed by atoms with Crippen LogP contribution < -0.4 is 9.47 Å². The van der Waals surface area contributed by atoms with E-state index < -0.39 is 17.6 Å². The Balaban J connectivity index is 1.96. The molecule has 1 aliphatic heterocycles. The summed E-state index contributed by atoms with van der Waals surface area (Å²) in [6, 6.07) is 5.53. The first-order chi connectivity index (χ1) is 12.8. The van der Waals surface area contributed by atoms with E-state index in [0.717, 1.165) is 18.4 Å². The number of likely N-dealkylation sites (tertiary alicyclic amines) is 1. The van der Waals surface area contributed by atoms with Crippen molar-refractivity contribution in [3.05, 3.63) is 23.8 Å². The van der Waals surface area contributed by atoms with E-state index in [9.17, 15) is 15.0 Å². The summed E-state index contributed by atoms with van der Waals surface area (Å²) in [5.41, 5.74) is 0.389. The minimum Gasteiger partial charge on any atom is -0.493 e. The Bertz CT molecular complexity index is 685. The number of hydrogen-bond donors (Lipinski definition) is 2. The fraction of sp³-hybridized carbons (Fsp3) is 0.667. The molecule has 1 aromatic carbocycles. The van der Waals surface area contributed by atoms with Crippen molar-refractivity contribution < 1.29 is 24.5 Å². The molecule has 2 N–H and O–H groups in total. The lowest BCUT2D eigenvalue weighted by Gasteiger charge is -2.38. The van der Waals surface area contributed by atoms with Gasteiger partial charge in [0.2, 0.25) is 0 Å². The molecule has 4 atom stereocenters. The van der Waals surface area contributed by atoms with Crippen molar-refractivity contribution in [2.75, 3.05) is 13.7 Å². The van der Waals surface area contributed by atoms with E-state index in [2.05, 4.69) is 0 Å². The smallest absolute Gasteiger partial charge is 0.407 e. The van der Waals surface area contributed by atoms with Crippen LogP contribution >= 0.6 is 0 Å². The fourth-order valence-electron chi connectivity index (χ4n) is 4.71. The second-order valence-corrected chi connectivity index (χ2v) is 8.14. The van der Waals surface area contributed by atoms with Gasteiger partial charge in [-0.2, -0.15) is 0 Å². The maximum Gasteiger partial charge on any atom is 0.407 e. The molecule has 0 spiro atoms. The minimum atomic E-state index is -0.951. The predicted molar refractivity (Wildman–Crippen MR) is 103 cm³/mol. The second-order valence-electron chi connectivity index (χ2n) is 8.14. The number of benzene rings is 1. The lowest BCUT2D eigenvalue weighted by molar-refractivity contribution is 0.0204. The number of carbonyl (C=O) groups is 1. The molecule has 1 saturated heterocycles. The van der Waals surface area contributed by atoms with Crippen LogP contribution in [0.3, 0.4) is 0 Å². The third-order valence-electron chi connectivity index (χ3n) is 6.83. The van der Waals surface area contributed by atoms with Crippen LogP contribution in [0.1, 0.15) is 57.9 Å². The van der Waals surface area contributed by atoms with Crippen molar-refractivity contribution in [3.8, 4) is 11.5 Å². The first-order valence-corrected chi connectivity index (χ1v) is 9.81. The Morgan fingerprint density at radius 2 is 1.96 bits per heavy atom. The normalized spacial score (nSPS) is 29.7. The number of carboxylic acid groups (broad SMARTS) is 1. The summed E-state index contributed by atoms with van der Waals surface area (Å²) in [5.74, 6) is 1.27. The number of hydrogen-bond acceptors (Lipinski definition) is 4. The minimum absolute atomic E-state index is 0.125. The highest BCUT2D eigenvalue weighted by Crippen LogP contribution is 2.50. The molecule has 2 fully saturated rings. The third kappa shape index (κ3) is 3.47. The van der Waals surface area contributed by atoms with E-state index in [1.165, 1.54) is 17.7 Å². The topological polar surface area (TPSA) is 79.2 Å². The zero-order valence-electron chi connectivity index (χ0n) is 16.6. The van der Waals surface area contributed by atoms with Gasteiger partial charge in [-0.3, -0.25) is 0 Å². The SMILES string of the molecule is COc1ccc([C@@H]2CN(C(=O)O)C(C)[C@@]2(C)[C@@H](C)O)cc1OC1CCCC1. The Labute approximate surface area is 161 Å². The van der Waals surface area contributed by atoms with Crippen LogP contribution in [0.25, 0.3) is 0 Å². The van der Waals surface area contributed by atoms with Gasteiger partial charge in [-0.05, 0) is 57.2 Å². The number of rotatable bonds is 5. The van der Waals surface area contributed by atoms with E-state index >= 15 is 0 Å². The maximum absolute atomic E-state index is 11.7. The standard InChI is InChI=1S/C21H31NO5/c1-13-21(3,14(2)23)17(12-22(13)20(24)25)15-9-10-18(26-4)19(11-15)27-16-7-5-6-8-16/h9-11,13-14,16-17,23H,5-8,12H2,1-4H3,(H,24,25)/t13?,14-,17+,21+/m1/s1. The van der Waals surface area contributed by atoms with Crippen molar-refractivity contribution in [2.45, 2.75) is 70.6 Å². The summed E-state index contributed by atoms with van der Waals surface area (Å²) >= 11 is 0. The van der Waals surface area contributed by atoms with E-state index in [4.69, 9.17) is 9.47 Å². The molecule has 1 saturated carbocycles. The molecule has 2 aliphatic rings. The van der Waals surface area contributed by atoms with Crippen LogP contribution in [0, 0.1) is 5.41 Å². The van der Waals surface area contributed by atoms with Crippen molar-refractivity contribution >= 4 is 6.09 Å². The highest BCUT2D eigenvalue weighted by molar-refractivity contribution is 5.66. The summed E-state index contributed by atoms with van der Waals surface area (Å²) in [6.07, 6.45) is 3.06. The first-order valence-electron chi connectivity index (χ1n) is 9.81.